The molecule has 1 aliphatic carbocycles. The normalized spacial score (nSPS) is 14.7. The number of hydrogen-bond acceptors (Lipinski definition) is 5. The van der Waals surface area contributed by atoms with E-state index in [1.165, 1.54) is 17.0 Å². The number of esters is 1. The van der Waals surface area contributed by atoms with Crippen molar-refractivity contribution in [2.45, 2.75) is 58.1 Å². The average Bonchev–Trinajstić information content (AvgIpc) is 3.11. The molecule has 5 nitrogen and oxygen atoms in total. The van der Waals surface area contributed by atoms with E-state index >= 15 is 0 Å². The van der Waals surface area contributed by atoms with E-state index in [1.807, 2.05) is 0 Å². The monoisotopic (exact) mass is 409 g/mol. The molecule has 1 aliphatic rings. The van der Waals surface area contributed by atoms with Crippen LogP contribution in [0.2, 0.25) is 5.02 Å². The molecule has 1 saturated carbocycles. The van der Waals surface area contributed by atoms with Crippen molar-refractivity contribution in [2.24, 2.45) is 0 Å². The smallest absolute Gasteiger partial charge is 0.326 e. The van der Waals surface area contributed by atoms with Gasteiger partial charge in [-0.1, -0.05) is 42.7 Å². The minimum Gasteiger partial charge on any atom is -0.459 e. The highest BCUT2D eigenvalue weighted by molar-refractivity contribution is 7.80. The van der Waals surface area contributed by atoms with Crippen LogP contribution in [0.1, 0.15) is 67.2 Å². The molecule has 0 bridgehead atoms. The third kappa shape index (κ3) is 5.59. The van der Waals surface area contributed by atoms with Crippen molar-refractivity contribution in [3.05, 3.63) is 34.3 Å². The highest BCUT2D eigenvalue weighted by atomic mass is 35.5. The molecule has 0 heterocycles. The summed E-state index contributed by atoms with van der Waals surface area (Å²) in [7, 11) is 0. The summed E-state index contributed by atoms with van der Waals surface area (Å²) in [4.78, 5) is 39.4. The molecule has 1 aromatic carbocycles. The van der Waals surface area contributed by atoms with Crippen molar-refractivity contribution in [2.75, 3.05) is 6.54 Å². The molecular weight excluding hydrogens is 386 g/mol. The lowest BCUT2D eigenvalue weighted by Crippen LogP contribution is -2.44. The number of Topliss-reactive ketones (excluding diaryl/α,β-unsaturated/α-hetero) is 1. The molecular formula is C20H24ClNO4S. The molecule has 27 heavy (non-hydrogen) atoms. The molecule has 146 valence electrons. The summed E-state index contributed by atoms with van der Waals surface area (Å²) in [5, 5.41) is 1.13. The van der Waals surface area contributed by atoms with Gasteiger partial charge in [-0.15, -0.1) is 0 Å². The van der Waals surface area contributed by atoms with E-state index in [2.05, 4.69) is 0 Å². The first-order valence-electron chi connectivity index (χ1n) is 8.95. The third-order valence-electron chi connectivity index (χ3n) is 4.34. The molecule has 1 aromatic rings. The number of rotatable bonds is 6. The number of thiocarbonyl (C=S) groups is 1. The topological polar surface area (TPSA) is 63.7 Å². The van der Waals surface area contributed by atoms with E-state index in [4.69, 9.17) is 28.6 Å². The minimum absolute atomic E-state index is 0.0700. The molecule has 0 atom stereocenters. The first-order chi connectivity index (χ1) is 12.6. The molecule has 1 fully saturated rings. The van der Waals surface area contributed by atoms with Crippen LogP contribution in [0.15, 0.2) is 18.2 Å². The Labute approximate surface area is 170 Å². The van der Waals surface area contributed by atoms with Crippen molar-refractivity contribution < 1.29 is 19.1 Å². The predicted molar refractivity (Wildman–Crippen MR) is 109 cm³/mol. The lowest BCUT2D eigenvalue weighted by Gasteiger charge is -2.30. The number of carbonyl (C=O) groups excluding carboxylic acids is 3. The maximum atomic E-state index is 13.3. The fourth-order valence-corrected chi connectivity index (χ4v) is 3.65. The fourth-order valence-electron chi connectivity index (χ4n) is 3.26. The van der Waals surface area contributed by atoms with Gasteiger partial charge in [0.2, 0.25) is 0 Å². The molecule has 2 rings (SSSR count). The number of halogens is 1. The maximum absolute atomic E-state index is 13.3. The van der Waals surface area contributed by atoms with Crippen LogP contribution in [0, 0.1) is 0 Å². The zero-order valence-electron chi connectivity index (χ0n) is 15.8. The number of benzene rings is 1. The van der Waals surface area contributed by atoms with E-state index < -0.39 is 23.3 Å². The first kappa shape index (κ1) is 21.5. The van der Waals surface area contributed by atoms with Gasteiger partial charge in [0, 0.05) is 11.4 Å². The van der Waals surface area contributed by atoms with Crippen LogP contribution >= 0.6 is 23.8 Å². The Morgan fingerprint density at radius 2 is 1.89 bits per heavy atom. The van der Waals surface area contributed by atoms with Crippen LogP contribution < -0.4 is 0 Å². The van der Waals surface area contributed by atoms with Crippen LogP contribution in [-0.4, -0.2) is 46.1 Å². The third-order valence-corrected chi connectivity index (χ3v) is 4.87. The Morgan fingerprint density at radius 1 is 1.26 bits per heavy atom. The summed E-state index contributed by atoms with van der Waals surface area (Å²) in [6.45, 7) is 5.16. The van der Waals surface area contributed by atoms with Crippen LogP contribution in [-0.2, 0) is 9.53 Å². The first-order valence-corrected chi connectivity index (χ1v) is 9.80. The van der Waals surface area contributed by atoms with Crippen LogP contribution in [0.3, 0.4) is 0 Å². The molecule has 0 aliphatic heterocycles. The number of ether oxygens (including phenoxy) is 1. The molecule has 0 aromatic heterocycles. The summed E-state index contributed by atoms with van der Waals surface area (Å²) in [5.41, 5.74) is -0.411. The van der Waals surface area contributed by atoms with Gasteiger partial charge in [-0.3, -0.25) is 14.4 Å². The van der Waals surface area contributed by atoms with Gasteiger partial charge >= 0.3 is 5.97 Å². The predicted octanol–water partition coefficient (Wildman–Crippen LogP) is 4.25. The Kier molecular flexibility index (Phi) is 7.12. The summed E-state index contributed by atoms with van der Waals surface area (Å²) >= 11 is 10.9. The van der Waals surface area contributed by atoms with Gasteiger partial charge < -0.3 is 9.64 Å². The molecule has 0 spiro atoms. The Hall–Kier alpha value is -1.79. The molecule has 7 heteroatoms. The van der Waals surface area contributed by atoms with Crippen molar-refractivity contribution in [1.29, 1.82) is 0 Å². The zero-order chi connectivity index (χ0) is 20.2. The molecule has 0 N–H and O–H groups in total. The summed E-state index contributed by atoms with van der Waals surface area (Å²) < 4.78 is 5.39. The Morgan fingerprint density at radius 3 is 2.44 bits per heavy atom. The van der Waals surface area contributed by atoms with Gasteiger partial charge in [0.25, 0.3) is 5.91 Å². The highest BCUT2D eigenvalue weighted by Crippen LogP contribution is 2.28. The second-order valence-electron chi connectivity index (χ2n) is 7.60. The van der Waals surface area contributed by atoms with Crippen molar-refractivity contribution in [3.63, 3.8) is 0 Å². The van der Waals surface area contributed by atoms with E-state index in [0.29, 0.717) is 0 Å². The van der Waals surface area contributed by atoms with E-state index in [9.17, 15) is 14.4 Å². The van der Waals surface area contributed by atoms with Crippen molar-refractivity contribution in [1.82, 2.24) is 4.90 Å². The lowest BCUT2D eigenvalue weighted by molar-refractivity contribution is -0.156. The van der Waals surface area contributed by atoms with Crippen LogP contribution in [0.4, 0.5) is 0 Å². The minimum atomic E-state index is -0.643. The van der Waals surface area contributed by atoms with E-state index in [1.54, 1.807) is 26.8 Å². The summed E-state index contributed by atoms with van der Waals surface area (Å²) in [5.74, 6) is -1.38. The van der Waals surface area contributed by atoms with Gasteiger partial charge in [0.1, 0.15) is 12.1 Å². The zero-order valence-corrected chi connectivity index (χ0v) is 17.4. The second-order valence-corrected chi connectivity index (χ2v) is 8.25. The van der Waals surface area contributed by atoms with Gasteiger partial charge in [-0.25, -0.2) is 0 Å². The number of carbonyl (C=O) groups is 3. The Bertz CT molecular complexity index is 751. The molecule has 0 radical (unpaired) electrons. The SMILES string of the molecule is CC(C)(C)OC(=O)CN(C(=O)c1cccc(Cl)c1C(=O)C=S)C1CCCC1. The van der Waals surface area contributed by atoms with Crippen LogP contribution in [0.25, 0.3) is 0 Å². The fraction of sp³-hybridized carbons (Fsp3) is 0.500. The van der Waals surface area contributed by atoms with Crippen LogP contribution in [0.5, 0.6) is 0 Å². The maximum Gasteiger partial charge on any atom is 0.326 e. The van der Waals surface area contributed by atoms with E-state index in [0.717, 1.165) is 31.1 Å². The molecule has 1 amide bonds. The number of ketones is 1. The number of nitrogens with zero attached hydrogens (tertiary/aromatic N) is 1. The lowest BCUT2D eigenvalue weighted by atomic mass is 10.0. The van der Waals surface area contributed by atoms with Crippen molar-refractivity contribution in [3.8, 4) is 0 Å². The molecule has 0 unspecified atom stereocenters. The van der Waals surface area contributed by atoms with Gasteiger partial charge in [0.05, 0.1) is 16.1 Å². The van der Waals surface area contributed by atoms with Crippen molar-refractivity contribution >= 4 is 46.8 Å². The number of amides is 1. The van der Waals surface area contributed by atoms with Gasteiger partial charge in [-0.05, 0) is 45.7 Å². The van der Waals surface area contributed by atoms with E-state index in [-0.39, 0.29) is 28.7 Å². The largest absolute Gasteiger partial charge is 0.459 e. The summed E-state index contributed by atoms with van der Waals surface area (Å²) in [6, 6.07) is 4.62. The van der Waals surface area contributed by atoms with Gasteiger partial charge in [0.15, 0.2) is 5.78 Å². The molecule has 0 saturated heterocycles. The standard InChI is InChI=1S/C20H24ClNO4S/c1-20(2,3)26-17(24)11-22(13-7-4-5-8-13)19(25)14-9-6-10-15(21)18(14)16(23)12-27/h6,9-10,12-13H,4-5,7-8,11H2,1-3H3. The van der Waals surface area contributed by atoms with Gasteiger partial charge in [-0.2, -0.15) is 0 Å². The quantitative estimate of drug-likeness (QED) is 0.399. The Balaban J connectivity index is 2.37. The highest BCUT2D eigenvalue weighted by Gasteiger charge is 2.32. The average molecular weight is 410 g/mol. The summed E-state index contributed by atoms with van der Waals surface area (Å²) in [6.07, 6.45) is 3.60. The number of hydrogen-bond donors (Lipinski definition) is 0. The second kappa shape index (κ2) is 8.93.